The Hall–Kier alpha value is -2.49. The maximum Gasteiger partial charge on any atom is 0.251 e. The lowest BCUT2D eigenvalue weighted by molar-refractivity contribution is -0.139. The fraction of sp³-hybridized carbons (Fsp3) is 0.640. The number of amides is 2. The summed E-state index contributed by atoms with van der Waals surface area (Å²) in [5.41, 5.74) is 1.57. The van der Waals surface area contributed by atoms with E-state index in [4.69, 9.17) is 4.74 Å². The van der Waals surface area contributed by atoms with Crippen LogP contribution in [0.15, 0.2) is 24.3 Å². The van der Waals surface area contributed by atoms with Crippen molar-refractivity contribution in [3.8, 4) is 0 Å². The molecule has 3 saturated heterocycles. The van der Waals surface area contributed by atoms with E-state index in [1.54, 1.807) is 12.1 Å². The lowest BCUT2D eigenvalue weighted by Crippen LogP contribution is -2.54. The van der Waals surface area contributed by atoms with Crippen molar-refractivity contribution < 1.29 is 24.2 Å². The fourth-order valence-electron chi connectivity index (χ4n) is 5.09. The van der Waals surface area contributed by atoms with Crippen LogP contribution in [0.25, 0.3) is 0 Å². The first-order valence-electron chi connectivity index (χ1n) is 12.3. The monoisotopic (exact) mass is 472 g/mol. The Balaban J connectivity index is 1.44. The van der Waals surface area contributed by atoms with Gasteiger partial charge in [0, 0.05) is 37.4 Å². The number of rotatable bonds is 7. The van der Waals surface area contributed by atoms with Crippen LogP contribution in [0.4, 0.5) is 5.69 Å². The number of carbonyl (C=O) groups excluding carboxylic acids is 3. The molecule has 2 N–H and O–H groups in total. The van der Waals surface area contributed by atoms with E-state index in [-0.39, 0.29) is 36.7 Å². The van der Waals surface area contributed by atoms with Crippen LogP contribution in [-0.4, -0.2) is 103 Å². The number of Topliss-reactive ketones (excluding diaryl/α,β-unsaturated/α-hetero) is 1. The van der Waals surface area contributed by atoms with Gasteiger partial charge >= 0.3 is 0 Å². The molecule has 5 atom stereocenters. The minimum absolute atomic E-state index is 0.0305. The third kappa shape index (κ3) is 4.82. The Morgan fingerprint density at radius 1 is 1.15 bits per heavy atom. The summed E-state index contributed by atoms with van der Waals surface area (Å²) in [6.45, 7) is 11.0. The third-order valence-corrected chi connectivity index (χ3v) is 7.52. The highest BCUT2D eigenvalue weighted by Gasteiger charge is 2.53. The van der Waals surface area contributed by atoms with E-state index in [0.717, 1.165) is 38.4 Å². The largest absolute Gasteiger partial charge is 0.388 e. The summed E-state index contributed by atoms with van der Waals surface area (Å²) in [6, 6.07) is 5.91. The Kier molecular flexibility index (Phi) is 7.54. The predicted octanol–water partition coefficient (Wildman–Crippen LogP) is 0.513. The van der Waals surface area contributed by atoms with E-state index in [0.29, 0.717) is 12.0 Å². The number of fused-ring (bicyclic) bond motifs is 1. The molecule has 34 heavy (non-hydrogen) atoms. The molecule has 1 aromatic carbocycles. The van der Waals surface area contributed by atoms with E-state index in [1.807, 2.05) is 26.0 Å². The van der Waals surface area contributed by atoms with Gasteiger partial charge in [0.1, 0.15) is 30.9 Å². The van der Waals surface area contributed by atoms with Crippen molar-refractivity contribution in [2.45, 2.75) is 51.5 Å². The highest BCUT2D eigenvalue weighted by molar-refractivity contribution is 5.99. The van der Waals surface area contributed by atoms with E-state index in [1.165, 1.54) is 4.90 Å². The van der Waals surface area contributed by atoms with Crippen molar-refractivity contribution in [2.24, 2.45) is 5.92 Å². The number of likely N-dealkylation sites (tertiary alicyclic amines) is 1. The van der Waals surface area contributed by atoms with Crippen LogP contribution in [0.5, 0.6) is 0 Å². The second-order valence-corrected chi connectivity index (χ2v) is 9.55. The van der Waals surface area contributed by atoms with Crippen LogP contribution in [-0.2, 0) is 14.3 Å². The molecule has 3 fully saturated rings. The number of aliphatic hydroxyl groups is 1. The van der Waals surface area contributed by atoms with Gasteiger partial charge in [0.05, 0.1) is 6.54 Å². The van der Waals surface area contributed by atoms with Crippen LogP contribution in [0, 0.1) is 5.92 Å². The van der Waals surface area contributed by atoms with Crippen molar-refractivity contribution in [2.75, 3.05) is 50.8 Å². The fourth-order valence-corrected chi connectivity index (χ4v) is 5.09. The number of hydrogen-bond donors (Lipinski definition) is 2. The van der Waals surface area contributed by atoms with Gasteiger partial charge in [-0.1, -0.05) is 27.2 Å². The van der Waals surface area contributed by atoms with E-state index < -0.39 is 24.3 Å². The number of nitrogens with zero attached hydrogens (tertiary/aromatic N) is 3. The van der Waals surface area contributed by atoms with Crippen LogP contribution >= 0.6 is 0 Å². The Labute approximate surface area is 201 Å². The van der Waals surface area contributed by atoms with Crippen molar-refractivity contribution in [3.05, 3.63) is 29.8 Å². The van der Waals surface area contributed by atoms with E-state index in [2.05, 4.69) is 22.0 Å². The first-order valence-corrected chi connectivity index (χ1v) is 12.3. The number of hydrogen-bond acceptors (Lipinski definition) is 7. The van der Waals surface area contributed by atoms with Gasteiger partial charge in [-0.2, -0.15) is 0 Å². The number of ether oxygens (including phenoxy) is 1. The second kappa shape index (κ2) is 10.4. The number of ketones is 1. The molecule has 186 valence electrons. The summed E-state index contributed by atoms with van der Waals surface area (Å²) < 4.78 is 5.38. The topological polar surface area (TPSA) is 102 Å². The molecule has 0 unspecified atom stereocenters. The lowest BCUT2D eigenvalue weighted by atomic mass is 9.96. The molecular formula is C25H36N4O5. The zero-order chi connectivity index (χ0) is 24.4. The summed E-state index contributed by atoms with van der Waals surface area (Å²) in [5, 5.41) is 13.2. The quantitative estimate of drug-likeness (QED) is 0.596. The molecule has 4 rings (SSSR count). The molecule has 1 aromatic rings. The molecule has 0 spiro atoms. The molecular weight excluding hydrogens is 436 g/mol. The summed E-state index contributed by atoms with van der Waals surface area (Å²) in [4.78, 5) is 44.9. The molecule has 2 amide bonds. The third-order valence-electron chi connectivity index (χ3n) is 7.52. The Morgan fingerprint density at radius 3 is 2.44 bits per heavy atom. The van der Waals surface area contributed by atoms with Gasteiger partial charge in [-0.25, -0.2) is 0 Å². The van der Waals surface area contributed by atoms with Gasteiger partial charge in [-0.3, -0.25) is 14.4 Å². The van der Waals surface area contributed by atoms with Gasteiger partial charge in [0.15, 0.2) is 5.78 Å². The van der Waals surface area contributed by atoms with Crippen LogP contribution in [0.1, 0.15) is 37.6 Å². The number of piperazine rings is 1. The van der Waals surface area contributed by atoms with Crippen molar-refractivity contribution in [3.63, 3.8) is 0 Å². The molecule has 3 aliphatic heterocycles. The molecule has 0 aliphatic carbocycles. The zero-order valence-corrected chi connectivity index (χ0v) is 20.3. The normalized spacial score (nSPS) is 26.9. The molecule has 0 aromatic heterocycles. The molecule has 9 nitrogen and oxygen atoms in total. The average molecular weight is 473 g/mol. The smallest absolute Gasteiger partial charge is 0.251 e. The number of β-amino-alcohol motifs (C(OH)–C–C–N with tert-alkyl or cyclic N) is 1. The van der Waals surface area contributed by atoms with Gasteiger partial charge in [-0.15, -0.1) is 0 Å². The Morgan fingerprint density at radius 2 is 1.82 bits per heavy atom. The molecule has 0 bridgehead atoms. The summed E-state index contributed by atoms with van der Waals surface area (Å²) in [5.74, 6) is -1.02. The average Bonchev–Trinajstić information content (AvgIpc) is 3.41. The molecule has 0 radical (unpaired) electrons. The number of anilines is 1. The number of nitrogens with one attached hydrogen (secondary N) is 1. The second-order valence-electron chi connectivity index (χ2n) is 9.55. The van der Waals surface area contributed by atoms with Gasteiger partial charge < -0.3 is 29.9 Å². The standard InChI is InChI=1S/C25H36N4O5/c1-4-16(3)21(25(33)29-14-19(30)23-22(29)20(31)15-34-23)26-24(32)17-6-8-18(9-7-17)28-12-10-27(5-2)11-13-28/h6-9,16,19,21-23,30H,4-5,10-15H2,1-3H3,(H,26,32)/t16-,19+,21-,22+,23+/m0/s1. The van der Waals surface area contributed by atoms with Crippen LogP contribution in [0.2, 0.25) is 0 Å². The lowest BCUT2D eigenvalue weighted by Gasteiger charge is -2.35. The van der Waals surface area contributed by atoms with E-state index in [9.17, 15) is 19.5 Å². The number of benzene rings is 1. The minimum Gasteiger partial charge on any atom is -0.388 e. The maximum atomic E-state index is 13.4. The SMILES string of the molecule is CC[C@H](C)[C@H](NC(=O)c1ccc(N2CCN(CC)CC2)cc1)C(=O)N1C[C@@H](O)[C@H]2OCC(=O)[C@H]21. The number of carbonyl (C=O) groups is 3. The van der Waals surface area contributed by atoms with Gasteiger partial charge in [0.25, 0.3) is 5.91 Å². The van der Waals surface area contributed by atoms with E-state index >= 15 is 0 Å². The summed E-state index contributed by atoms with van der Waals surface area (Å²) in [7, 11) is 0. The number of likely N-dealkylation sites (N-methyl/N-ethyl adjacent to an activating group) is 1. The summed E-state index contributed by atoms with van der Waals surface area (Å²) in [6.07, 6.45) is -0.911. The molecule has 3 heterocycles. The molecule has 3 aliphatic rings. The first kappa shape index (κ1) is 24.6. The predicted molar refractivity (Wildman–Crippen MR) is 128 cm³/mol. The van der Waals surface area contributed by atoms with Crippen molar-refractivity contribution in [1.29, 1.82) is 0 Å². The van der Waals surface area contributed by atoms with Gasteiger partial charge in [-0.05, 0) is 36.7 Å². The minimum atomic E-state index is -0.902. The van der Waals surface area contributed by atoms with Crippen LogP contribution in [0.3, 0.4) is 0 Å². The highest BCUT2D eigenvalue weighted by Crippen LogP contribution is 2.29. The van der Waals surface area contributed by atoms with Gasteiger partial charge in [0.2, 0.25) is 5.91 Å². The highest BCUT2D eigenvalue weighted by atomic mass is 16.5. The van der Waals surface area contributed by atoms with Crippen molar-refractivity contribution >= 4 is 23.3 Å². The first-order chi connectivity index (χ1) is 16.3. The van der Waals surface area contributed by atoms with Crippen molar-refractivity contribution in [1.82, 2.24) is 15.1 Å². The number of aliphatic hydroxyl groups excluding tert-OH is 1. The Bertz CT molecular complexity index is 899. The maximum absolute atomic E-state index is 13.4. The van der Waals surface area contributed by atoms with Crippen LogP contribution < -0.4 is 10.2 Å². The summed E-state index contributed by atoms with van der Waals surface area (Å²) >= 11 is 0. The zero-order valence-electron chi connectivity index (χ0n) is 20.3. The molecule has 9 heteroatoms. The molecule has 0 saturated carbocycles.